The Morgan fingerprint density at radius 2 is 1.59 bits per heavy atom. The quantitative estimate of drug-likeness (QED) is 0.420. The van der Waals surface area contributed by atoms with Gasteiger partial charge >= 0.3 is 5.97 Å². The van der Waals surface area contributed by atoms with E-state index in [0.29, 0.717) is 17.1 Å². The fourth-order valence-electron chi connectivity index (χ4n) is 3.13. The number of anilines is 1. The Labute approximate surface area is 203 Å². The molecule has 0 aliphatic carbocycles. The minimum atomic E-state index is -0.709. The van der Waals surface area contributed by atoms with Crippen molar-refractivity contribution in [3.63, 3.8) is 0 Å². The summed E-state index contributed by atoms with van der Waals surface area (Å²) in [5.74, 6) is -0.667. The van der Waals surface area contributed by atoms with Crippen LogP contribution in [0.5, 0.6) is 5.75 Å². The Morgan fingerprint density at radius 1 is 0.882 bits per heavy atom. The van der Waals surface area contributed by atoms with Crippen LogP contribution in [0.25, 0.3) is 0 Å². The number of aryl methyl sites for hydroxylation is 1. The Hall–Kier alpha value is -3.84. The third-order valence-corrected chi connectivity index (χ3v) is 5.36. The Bertz CT molecular complexity index is 1150. The van der Waals surface area contributed by atoms with Crippen molar-refractivity contribution in [2.75, 3.05) is 19.0 Å². The number of benzene rings is 3. The van der Waals surface area contributed by atoms with Gasteiger partial charge in [0, 0.05) is 18.0 Å². The van der Waals surface area contributed by atoms with E-state index in [9.17, 15) is 14.4 Å². The molecule has 3 aromatic carbocycles. The molecule has 3 rings (SSSR count). The van der Waals surface area contributed by atoms with Crippen LogP contribution in [-0.2, 0) is 27.3 Å². The fraction of sp³-hybridized carbons (Fsp3) is 0.192. The summed E-state index contributed by atoms with van der Waals surface area (Å²) in [5.41, 5.74) is 2.24. The summed E-state index contributed by atoms with van der Waals surface area (Å²) in [6.07, 6.45) is 0.772. The molecule has 0 saturated heterocycles. The van der Waals surface area contributed by atoms with Gasteiger partial charge in [0.2, 0.25) is 5.91 Å². The molecule has 34 heavy (non-hydrogen) atoms. The van der Waals surface area contributed by atoms with E-state index in [-0.39, 0.29) is 24.4 Å². The van der Waals surface area contributed by atoms with E-state index >= 15 is 0 Å². The van der Waals surface area contributed by atoms with Gasteiger partial charge in [-0.3, -0.25) is 9.59 Å². The highest BCUT2D eigenvalue weighted by molar-refractivity contribution is 6.31. The number of halogens is 1. The Kier molecular flexibility index (Phi) is 9.05. The molecule has 0 spiro atoms. The molecule has 2 N–H and O–H groups in total. The lowest BCUT2D eigenvalue weighted by Gasteiger charge is -2.11. The van der Waals surface area contributed by atoms with Gasteiger partial charge < -0.3 is 20.1 Å². The van der Waals surface area contributed by atoms with Gasteiger partial charge in [-0.25, -0.2) is 4.79 Å². The van der Waals surface area contributed by atoms with Crippen LogP contribution in [0.1, 0.15) is 27.9 Å². The van der Waals surface area contributed by atoms with Gasteiger partial charge in [-0.1, -0.05) is 54.1 Å². The molecule has 0 radical (unpaired) electrons. The fourth-order valence-corrected chi connectivity index (χ4v) is 3.33. The van der Waals surface area contributed by atoms with Crippen molar-refractivity contribution in [1.29, 1.82) is 0 Å². The number of carbonyl (C=O) groups is 3. The number of carbonyl (C=O) groups excluding carboxylic acids is 3. The first-order valence-corrected chi connectivity index (χ1v) is 11.0. The maximum atomic E-state index is 12.5. The minimum Gasteiger partial charge on any atom is -0.497 e. The maximum Gasteiger partial charge on any atom is 0.340 e. The minimum absolute atomic E-state index is 0.166. The number of ether oxygens (including phenoxy) is 2. The zero-order chi connectivity index (χ0) is 24.3. The summed E-state index contributed by atoms with van der Waals surface area (Å²) in [7, 11) is 1.60. The predicted molar refractivity (Wildman–Crippen MR) is 130 cm³/mol. The maximum absolute atomic E-state index is 12.5. The molecule has 0 saturated carbocycles. The zero-order valence-corrected chi connectivity index (χ0v) is 19.4. The topological polar surface area (TPSA) is 93.7 Å². The smallest absolute Gasteiger partial charge is 0.340 e. The van der Waals surface area contributed by atoms with Crippen molar-refractivity contribution < 1.29 is 23.9 Å². The van der Waals surface area contributed by atoms with E-state index in [4.69, 9.17) is 21.1 Å². The van der Waals surface area contributed by atoms with Gasteiger partial charge in [-0.15, -0.1) is 0 Å². The molecule has 2 amide bonds. The number of amides is 2. The molecule has 8 heteroatoms. The molecule has 0 aliphatic rings. The summed E-state index contributed by atoms with van der Waals surface area (Å²) in [5, 5.41) is 5.94. The standard InChI is InChI=1S/C26H25ClN2O5/c1-33-20-13-10-18(11-14-20)12-15-24(30)29-23-9-5-3-7-21(23)26(32)34-17-25(31)28-16-19-6-2-4-8-22(19)27/h2-11,13-14H,12,15-17H2,1H3,(H,28,31)(H,29,30). The molecular formula is C26H25ClN2O5. The van der Waals surface area contributed by atoms with E-state index in [1.54, 1.807) is 43.5 Å². The van der Waals surface area contributed by atoms with Crippen molar-refractivity contribution in [3.8, 4) is 5.75 Å². The Morgan fingerprint density at radius 3 is 2.32 bits per heavy atom. The average molecular weight is 481 g/mol. The second kappa shape index (κ2) is 12.4. The van der Waals surface area contributed by atoms with Crippen molar-refractivity contribution in [1.82, 2.24) is 5.32 Å². The molecule has 0 heterocycles. The van der Waals surface area contributed by atoms with Gasteiger partial charge in [0.1, 0.15) is 5.75 Å². The molecular weight excluding hydrogens is 456 g/mol. The number of para-hydroxylation sites is 1. The van der Waals surface area contributed by atoms with E-state index in [0.717, 1.165) is 16.9 Å². The monoisotopic (exact) mass is 480 g/mol. The lowest BCUT2D eigenvalue weighted by atomic mass is 10.1. The second-order valence-corrected chi connectivity index (χ2v) is 7.79. The summed E-state index contributed by atoms with van der Waals surface area (Å²) < 4.78 is 10.3. The Balaban J connectivity index is 1.50. The molecule has 0 aromatic heterocycles. The average Bonchev–Trinajstić information content (AvgIpc) is 2.86. The predicted octanol–water partition coefficient (Wildman–Crippen LogP) is 4.39. The normalized spacial score (nSPS) is 10.3. The van der Waals surface area contributed by atoms with Crippen LogP contribution in [0.4, 0.5) is 5.69 Å². The molecule has 176 valence electrons. The van der Waals surface area contributed by atoms with E-state index in [1.165, 1.54) is 6.07 Å². The number of nitrogens with one attached hydrogen (secondary N) is 2. The SMILES string of the molecule is COc1ccc(CCC(=O)Nc2ccccc2C(=O)OCC(=O)NCc2ccccc2Cl)cc1. The van der Waals surface area contributed by atoms with E-state index < -0.39 is 18.5 Å². The summed E-state index contributed by atoms with van der Waals surface area (Å²) >= 11 is 6.07. The van der Waals surface area contributed by atoms with Crippen LogP contribution in [-0.4, -0.2) is 31.5 Å². The van der Waals surface area contributed by atoms with Crippen LogP contribution in [0.2, 0.25) is 5.02 Å². The number of esters is 1. The summed E-state index contributed by atoms with van der Waals surface area (Å²) in [4.78, 5) is 37.0. The van der Waals surface area contributed by atoms with E-state index in [2.05, 4.69) is 10.6 Å². The highest BCUT2D eigenvalue weighted by Crippen LogP contribution is 2.18. The number of hydrogen-bond donors (Lipinski definition) is 2. The van der Waals surface area contributed by atoms with Crippen molar-refractivity contribution in [3.05, 3.63) is 94.5 Å². The van der Waals surface area contributed by atoms with E-state index in [1.807, 2.05) is 30.3 Å². The third-order valence-electron chi connectivity index (χ3n) is 4.99. The van der Waals surface area contributed by atoms with Crippen molar-refractivity contribution in [2.45, 2.75) is 19.4 Å². The first-order chi connectivity index (χ1) is 16.5. The van der Waals surface area contributed by atoms with Gasteiger partial charge in [-0.2, -0.15) is 0 Å². The van der Waals surface area contributed by atoms with Crippen molar-refractivity contribution in [2.24, 2.45) is 0 Å². The molecule has 3 aromatic rings. The molecule has 0 fully saturated rings. The van der Waals surface area contributed by atoms with Gasteiger partial charge in [0.05, 0.1) is 18.4 Å². The van der Waals surface area contributed by atoms with Gasteiger partial charge in [-0.05, 0) is 47.9 Å². The summed E-state index contributed by atoms with van der Waals surface area (Å²) in [6.45, 7) is -0.236. The lowest BCUT2D eigenvalue weighted by molar-refractivity contribution is -0.124. The highest BCUT2D eigenvalue weighted by atomic mass is 35.5. The van der Waals surface area contributed by atoms with Crippen LogP contribution < -0.4 is 15.4 Å². The molecule has 0 atom stereocenters. The molecule has 7 nitrogen and oxygen atoms in total. The van der Waals surface area contributed by atoms with Gasteiger partial charge in [0.25, 0.3) is 5.91 Å². The van der Waals surface area contributed by atoms with Crippen LogP contribution in [0, 0.1) is 0 Å². The number of hydrogen-bond acceptors (Lipinski definition) is 5. The van der Waals surface area contributed by atoms with Crippen molar-refractivity contribution >= 4 is 35.1 Å². The van der Waals surface area contributed by atoms with Crippen LogP contribution in [0.15, 0.2) is 72.8 Å². The summed E-state index contributed by atoms with van der Waals surface area (Å²) in [6, 6.07) is 21.1. The third kappa shape index (κ3) is 7.35. The van der Waals surface area contributed by atoms with Crippen LogP contribution in [0.3, 0.4) is 0 Å². The lowest BCUT2D eigenvalue weighted by Crippen LogP contribution is -2.28. The zero-order valence-electron chi connectivity index (χ0n) is 18.7. The number of rotatable bonds is 10. The number of methoxy groups -OCH3 is 1. The molecule has 0 aliphatic heterocycles. The largest absolute Gasteiger partial charge is 0.497 e. The van der Waals surface area contributed by atoms with Gasteiger partial charge in [0.15, 0.2) is 6.61 Å². The first kappa shape index (κ1) is 24.8. The molecule has 0 bridgehead atoms. The molecule has 0 unspecified atom stereocenters. The highest BCUT2D eigenvalue weighted by Gasteiger charge is 2.16. The van der Waals surface area contributed by atoms with Crippen LogP contribution >= 0.6 is 11.6 Å². The first-order valence-electron chi connectivity index (χ1n) is 10.7. The second-order valence-electron chi connectivity index (χ2n) is 7.39.